The Morgan fingerprint density at radius 3 is 2.30 bits per heavy atom. The molecule has 27 heavy (non-hydrogen) atoms. The Balaban J connectivity index is 2.05. The van der Waals surface area contributed by atoms with Crippen LogP contribution in [-0.4, -0.2) is 14.3 Å². The fourth-order valence-electron chi connectivity index (χ4n) is 2.34. The minimum absolute atomic E-state index is 0.111. The normalized spacial score (nSPS) is 12.0. The Labute approximate surface area is 166 Å². The van der Waals surface area contributed by atoms with E-state index >= 15 is 0 Å². The summed E-state index contributed by atoms with van der Waals surface area (Å²) in [6, 6.07) is 20.0. The van der Waals surface area contributed by atoms with Crippen LogP contribution in [0.25, 0.3) is 0 Å². The first kappa shape index (κ1) is 19.1. The summed E-state index contributed by atoms with van der Waals surface area (Å²) in [5.41, 5.74) is 2.11. The number of nitrogens with zero attached hydrogens (tertiary/aromatic N) is 1. The zero-order chi connectivity index (χ0) is 19.4. The third kappa shape index (κ3) is 4.75. The van der Waals surface area contributed by atoms with E-state index < -0.39 is 10.0 Å². The number of hydrogen-bond donors (Lipinski definition) is 1. The number of rotatable bonds is 4. The van der Waals surface area contributed by atoms with E-state index in [1.54, 1.807) is 48.5 Å². The van der Waals surface area contributed by atoms with Crippen LogP contribution in [0.5, 0.6) is 5.75 Å². The highest BCUT2D eigenvalue weighted by molar-refractivity contribution is 9.10. The smallest absolute Gasteiger partial charge is 0.284 e. The molecule has 0 atom stereocenters. The van der Waals surface area contributed by atoms with Gasteiger partial charge in [-0.3, -0.25) is 0 Å². The van der Waals surface area contributed by atoms with Crippen molar-refractivity contribution in [2.45, 2.75) is 11.8 Å². The van der Waals surface area contributed by atoms with Gasteiger partial charge < -0.3 is 10.4 Å². The molecule has 1 N–H and O–H groups in total. The topological polar surface area (TPSA) is 81.6 Å². The lowest BCUT2D eigenvalue weighted by Gasteiger charge is -2.14. The summed E-state index contributed by atoms with van der Waals surface area (Å²) < 4.78 is 29.9. The lowest BCUT2D eigenvalue weighted by molar-refractivity contribution is -0.269. The molecule has 0 bridgehead atoms. The summed E-state index contributed by atoms with van der Waals surface area (Å²) in [4.78, 5) is 0.111. The molecular weight excluding hydrogens is 428 g/mol. The van der Waals surface area contributed by atoms with Gasteiger partial charge in [-0.2, -0.15) is 8.42 Å². The van der Waals surface area contributed by atoms with Crippen molar-refractivity contribution in [3.8, 4) is 5.75 Å². The molecule has 0 saturated carbocycles. The van der Waals surface area contributed by atoms with Gasteiger partial charge in [0.2, 0.25) is 0 Å². The monoisotopic (exact) mass is 443 g/mol. The summed E-state index contributed by atoms with van der Waals surface area (Å²) in [6.45, 7) is 1.88. The van der Waals surface area contributed by atoms with Gasteiger partial charge >= 0.3 is 0 Å². The first-order valence-corrected chi connectivity index (χ1v) is 10.3. The molecule has 0 heterocycles. The van der Waals surface area contributed by atoms with Crippen LogP contribution >= 0.6 is 15.9 Å². The Bertz CT molecular complexity index is 1080. The summed E-state index contributed by atoms with van der Waals surface area (Å²) >= 11 is 3.19. The van der Waals surface area contributed by atoms with Crippen LogP contribution in [-0.2, 0) is 10.0 Å². The van der Waals surface area contributed by atoms with Crippen molar-refractivity contribution in [2.24, 2.45) is 4.40 Å². The van der Waals surface area contributed by atoms with E-state index in [0.717, 1.165) is 5.56 Å². The molecule has 0 spiro atoms. The van der Waals surface area contributed by atoms with Crippen LogP contribution in [0, 0.1) is 6.92 Å². The average Bonchev–Trinajstić information content (AvgIpc) is 2.65. The number of nitrogens with one attached hydrogen (secondary N) is 1. The van der Waals surface area contributed by atoms with Gasteiger partial charge in [0, 0.05) is 15.7 Å². The quantitative estimate of drug-likeness (QED) is 0.486. The number of hydrogen-bond acceptors (Lipinski definition) is 3. The molecule has 3 rings (SSSR count). The van der Waals surface area contributed by atoms with Gasteiger partial charge in [-0.05, 0) is 31.2 Å². The van der Waals surface area contributed by atoms with Crippen LogP contribution in [0.15, 0.2) is 86.6 Å². The molecule has 5 nitrogen and oxygen atoms in total. The van der Waals surface area contributed by atoms with E-state index in [-0.39, 0.29) is 16.5 Å². The van der Waals surface area contributed by atoms with Gasteiger partial charge in [0.05, 0.1) is 4.90 Å². The number of benzene rings is 3. The minimum atomic E-state index is -3.91. The zero-order valence-electron chi connectivity index (χ0n) is 14.4. The standard InChI is InChI=1S/C20H17BrN2O3S/c1-14-7-10-17(11-8-14)27(25,26)23-20(15-5-3-2-4-6-15)22-16-9-12-19(24)18(21)13-16/h2-13,24H,1H3,(H,22,23)/p-1. The summed E-state index contributed by atoms with van der Waals surface area (Å²) in [7, 11) is -3.91. The number of aryl methyl sites for hydroxylation is 1. The van der Waals surface area contributed by atoms with Crippen LogP contribution in [0.1, 0.15) is 11.1 Å². The summed E-state index contributed by atoms with van der Waals surface area (Å²) in [5, 5.41) is 14.6. The molecule has 7 heteroatoms. The molecule has 0 fully saturated rings. The van der Waals surface area contributed by atoms with Crippen molar-refractivity contribution >= 4 is 37.5 Å². The average molecular weight is 444 g/mol. The van der Waals surface area contributed by atoms with E-state index in [1.807, 2.05) is 13.0 Å². The summed E-state index contributed by atoms with van der Waals surface area (Å²) in [6.07, 6.45) is 0. The minimum Gasteiger partial charge on any atom is -0.872 e. The zero-order valence-corrected chi connectivity index (χ0v) is 16.8. The lowest BCUT2D eigenvalue weighted by atomic mass is 10.2. The van der Waals surface area contributed by atoms with Crippen LogP contribution in [0.4, 0.5) is 5.69 Å². The first-order chi connectivity index (χ1) is 12.8. The Kier molecular flexibility index (Phi) is 5.62. The van der Waals surface area contributed by atoms with Crippen LogP contribution < -0.4 is 10.4 Å². The Hall–Kier alpha value is -2.64. The predicted molar refractivity (Wildman–Crippen MR) is 109 cm³/mol. The molecule has 0 aliphatic heterocycles. The van der Waals surface area contributed by atoms with E-state index in [4.69, 9.17) is 0 Å². The highest BCUT2D eigenvalue weighted by Crippen LogP contribution is 2.25. The van der Waals surface area contributed by atoms with Crippen molar-refractivity contribution in [3.05, 3.63) is 88.4 Å². The molecule has 0 aliphatic rings. The molecule has 0 aromatic heterocycles. The molecule has 0 unspecified atom stereocenters. The third-order valence-corrected chi connectivity index (χ3v) is 5.68. The fraction of sp³-hybridized carbons (Fsp3) is 0.0500. The van der Waals surface area contributed by atoms with Gasteiger partial charge in [-0.25, -0.2) is 0 Å². The maximum atomic E-state index is 12.8. The van der Waals surface area contributed by atoms with E-state index in [2.05, 4.69) is 25.6 Å². The second-order valence-electron chi connectivity index (χ2n) is 5.86. The number of anilines is 1. The van der Waals surface area contributed by atoms with E-state index in [9.17, 15) is 13.5 Å². The molecular formula is C20H16BrN2O3S-. The molecule has 3 aromatic carbocycles. The second-order valence-corrected chi connectivity index (χ2v) is 8.32. The van der Waals surface area contributed by atoms with E-state index in [0.29, 0.717) is 15.7 Å². The van der Waals surface area contributed by atoms with Crippen molar-refractivity contribution < 1.29 is 13.5 Å². The number of halogens is 1. The van der Waals surface area contributed by atoms with Gasteiger partial charge in [0.1, 0.15) is 0 Å². The molecule has 3 aromatic rings. The van der Waals surface area contributed by atoms with Gasteiger partial charge in [-0.1, -0.05) is 75.8 Å². The molecule has 0 radical (unpaired) electrons. The first-order valence-electron chi connectivity index (χ1n) is 8.06. The molecule has 0 aliphatic carbocycles. The van der Waals surface area contributed by atoms with Gasteiger partial charge in [0.25, 0.3) is 10.0 Å². The number of amidine groups is 1. The molecule has 0 saturated heterocycles. The highest BCUT2D eigenvalue weighted by Gasteiger charge is 2.16. The maximum Gasteiger partial charge on any atom is 0.284 e. The summed E-state index contributed by atoms with van der Waals surface area (Å²) in [5.74, 6) is 0.00718. The van der Waals surface area contributed by atoms with E-state index in [1.165, 1.54) is 18.2 Å². The predicted octanol–water partition coefficient (Wildman–Crippen LogP) is 4.08. The molecule has 138 valence electrons. The van der Waals surface area contributed by atoms with Crippen molar-refractivity contribution in [2.75, 3.05) is 5.32 Å². The SMILES string of the molecule is Cc1ccc(S(=O)(=O)N=C(Nc2ccc([O-])c(Br)c2)c2ccccc2)cc1. The lowest BCUT2D eigenvalue weighted by Crippen LogP contribution is -2.16. The Morgan fingerprint density at radius 1 is 1.00 bits per heavy atom. The van der Waals surface area contributed by atoms with Crippen molar-refractivity contribution in [1.82, 2.24) is 0 Å². The van der Waals surface area contributed by atoms with Crippen molar-refractivity contribution in [1.29, 1.82) is 0 Å². The highest BCUT2D eigenvalue weighted by atomic mass is 79.9. The largest absolute Gasteiger partial charge is 0.872 e. The maximum absolute atomic E-state index is 12.8. The third-order valence-electron chi connectivity index (χ3n) is 3.77. The van der Waals surface area contributed by atoms with Crippen molar-refractivity contribution in [3.63, 3.8) is 0 Å². The van der Waals surface area contributed by atoms with Gasteiger partial charge in [-0.15, -0.1) is 4.40 Å². The van der Waals surface area contributed by atoms with Crippen LogP contribution in [0.3, 0.4) is 0 Å². The van der Waals surface area contributed by atoms with Crippen LogP contribution in [0.2, 0.25) is 0 Å². The van der Waals surface area contributed by atoms with Gasteiger partial charge in [0.15, 0.2) is 5.84 Å². The fourth-order valence-corrected chi connectivity index (χ4v) is 3.70. The molecule has 0 amide bonds. The Morgan fingerprint density at radius 2 is 1.67 bits per heavy atom. The second kappa shape index (κ2) is 7.94. The number of sulfonamides is 1.